The fraction of sp³-hybridized carbons (Fsp3) is 0.0909. The topological polar surface area (TPSA) is 95.8 Å². The molecule has 0 atom stereocenters. The third-order valence-corrected chi connectivity index (χ3v) is 4.99. The number of nitrogens with one attached hydrogen (secondary N) is 2. The Morgan fingerprint density at radius 1 is 1.10 bits per heavy atom. The molecule has 0 unspecified atom stereocenters. The number of anilines is 4. The lowest BCUT2D eigenvalue weighted by atomic mass is 10.1. The van der Waals surface area contributed by atoms with E-state index in [1.807, 2.05) is 49.4 Å². The van der Waals surface area contributed by atoms with Gasteiger partial charge in [-0.3, -0.25) is 5.10 Å². The second-order valence-electron chi connectivity index (χ2n) is 7.01. The third kappa shape index (κ3) is 3.46. The fourth-order valence-corrected chi connectivity index (χ4v) is 3.46. The Morgan fingerprint density at radius 2 is 1.97 bits per heavy atom. The van der Waals surface area contributed by atoms with E-state index in [1.165, 1.54) is 6.39 Å². The molecule has 2 aromatic carbocycles. The van der Waals surface area contributed by atoms with Crippen molar-refractivity contribution >= 4 is 34.0 Å². The van der Waals surface area contributed by atoms with Crippen LogP contribution in [-0.2, 0) is 0 Å². The van der Waals surface area contributed by atoms with Crippen molar-refractivity contribution in [2.45, 2.75) is 6.92 Å². The first kappa shape index (κ1) is 18.7. The average Bonchev–Trinajstić information content (AvgIpc) is 3.43. The molecule has 2 N–H and O–H groups in total. The Hall–Kier alpha value is -4.27. The van der Waals surface area contributed by atoms with Gasteiger partial charge in [0, 0.05) is 23.7 Å². The number of aryl methyl sites for hydroxylation is 1. The molecule has 154 valence electrons. The van der Waals surface area contributed by atoms with Gasteiger partial charge in [-0.25, -0.2) is 14.4 Å². The molecule has 3 heterocycles. The number of fused-ring (bicyclic) bond motifs is 1. The van der Waals surface area contributed by atoms with E-state index in [9.17, 15) is 4.39 Å². The maximum Gasteiger partial charge on any atom is 0.229 e. The van der Waals surface area contributed by atoms with Gasteiger partial charge in [0.2, 0.25) is 5.95 Å². The minimum atomic E-state index is -0.528. The van der Waals surface area contributed by atoms with E-state index < -0.39 is 5.82 Å². The van der Waals surface area contributed by atoms with Crippen molar-refractivity contribution in [1.82, 2.24) is 25.1 Å². The van der Waals surface area contributed by atoms with Gasteiger partial charge in [-0.15, -0.1) is 0 Å². The summed E-state index contributed by atoms with van der Waals surface area (Å²) in [5.41, 5.74) is 4.04. The summed E-state index contributed by atoms with van der Waals surface area (Å²) in [6.45, 7) is 1.88. The smallest absolute Gasteiger partial charge is 0.229 e. The minimum Gasteiger partial charge on any atom is -0.443 e. The Bertz CT molecular complexity index is 1380. The van der Waals surface area contributed by atoms with E-state index in [0.29, 0.717) is 5.76 Å². The maximum absolute atomic E-state index is 14.6. The molecule has 0 bridgehead atoms. The van der Waals surface area contributed by atoms with Crippen molar-refractivity contribution in [1.29, 1.82) is 0 Å². The Labute approximate surface area is 176 Å². The predicted octanol–water partition coefficient (Wildman–Crippen LogP) is 4.97. The van der Waals surface area contributed by atoms with Crippen molar-refractivity contribution in [3.05, 3.63) is 72.8 Å². The van der Waals surface area contributed by atoms with E-state index in [-0.39, 0.29) is 11.8 Å². The van der Waals surface area contributed by atoms with E-state index in [1.54, 1.807) is 18.1 Å². The van der Waals surface area contributed by atoms with Crippen molar-refractivity contribution in [2.75, 3.05) is 17.3 Å². The first-order valence-corrected chi connectivity index (χ1v) is 9.56. The number of aromatic amines is 1. The van der Waals surface area contributed by atoms with E-state index in [4.69, 9.17) is 4.42 Å². The molecular weight excluding hydrogens is 397 g/mol. The van der Waals surface area contributed by atoms with Gasteiger partial charge in [-0.1, -0.05) is 18.2 Å². The molecule has 0 saturated heterocycles. The van der Waals surface area contributed by atoms with Crippen molar-refractivity contribution in [3.63, 3.8) is 0 Å². The molecule has 5 rings (SSSR count). The minimum absolute atomic E-state index is 0.147. The number of aromatic nitrogens is 5. The van der Waals surface area contributed by atoms with Crippen LogP contribution in [-0.4, -0.2) is 32.2 Å². The SMILES string of the molecule is Cc1ncoc1-c1cccc(Nc2ncc(F)c(N(C)c3cccc4[nH]ncc34)n2)c1. The van der Waals surface area contributed by atoms with Crippen LogP contribution in [0.5, 0.6) is 0 Å². The van der Waals surface area contributed by atoms with E-state index in [2.05, 4.69) is 30.5 Å². The summed E-state index contributed by atoms with van der Waals surface area (Å²) in [6.07, 6.45) is 4.27. The molecule has 31 heavy (non-hydrogen) atoms. The number of hydrogen-bond acceptors (Lipinski definition) is 7. The molecule has 3 aromatic heterocycles. The second kappa shape index (κ2) is 7.52. The van der Waals surface area contributed by atoms with Crippen LogP contribution in [0.15, 0.2) is 65.7 Å². The number of H-pyrrole nitrogens is 1. The van der Waals surface area contributed by atoms with E-state index in [0.717, 1.165) is 39.7 Å². The van der Waals surface area contributed by atoms with Gasteiger partial charge in [-0.2, -0.15) is 10.1 Å². The van der Waals surface area contributed by atoms with Crippen LogP contribution in [0.2, 0.25) is 0 Å². The number of oxazole rings is 1. The molecule has 0 amide bonds. The van der Waals surface area contributed by atoms with Gasteiger partial charge >= 0.3 is 0 Å². The summed E-state index contributed by atoms with van der Waals surface area (Å²) in [6, 6.07) is 13.3. The average molecular weight is 415 g/mol. The van der Waals surface area contributed by atoms with Gasteiger partial charge in [0.25, 0.3) is 0 Å². The molecule has 0 aliphatic heterocycles. The number of rotatable bonds is 5. The van der Waals surface area contributed by atoms with Gasteiger partial charge in [-0.05, 0) is 31.2 Å². The van der Waals surface area contributed by atoms with Gasteiger partial charge < -0.3 is 14.6 Å². The number of benzene rings is 2. The zero-order valence-electron chi connectivity index (χ0n) is 16.8. The third-order valence-electron chi connectivity index (χ3n) is 4.99. The number of hydrogen-bond donors (Lipinski definition) is 2. The Kier molecular flexibility index (Phi) is 4.55. The zero-order chi connectivity index (χ0) is 21.4. The van der Waals surface area contributed by atoms with Crippen LogP contribution < -0.4 is 10.2 Å². The van der Waals surface area contributed by atoms with Crippen LogP contribution in [0, 0.1) is 12.7 Å². The van der Waals surface area contributed by atoms with Gasteiger partial charge in [0.05, 0.1) is 29.3 Å². The van der Waals surface area contributed by atoms with Gasteiger partial charge in [0.1, 0.15) is 0 Å². The number of halogens is 1. The van der Waals surface area contributed by atoms with Crippen LogP contribution in [0.1, 0.15) is 5.69 Å². The van der Waals surface area contributed by atoms with Crippen LogP contribution in [0.4, 0.5) is 27.5 Å². The van der Waals surface area contributed by atoms with Crippen LogP contribution in [0.3, 0.4) is 0 Å². The molecule has 5 aromatic rings. The van der Waals surface area contributed by atoms with Crippen LogP contribution in [0.25, 0.3) is 22.2 Å². The van der Waals surface area contributed by atoms with Crippen molar-refractivity contribution in [3.8, 4) is 11.3 Å². The highest BCUT2D eigenvalue weighted by Crippen LogP contribution is 2.31. The zero-order valence-corrected chi connectivity index (χ0v) is 16.8. The first-order chi connectivity index (χ1) is 15.1. The molecule has 0 spiro atoms. The first-order valence-electron chi connectivity index (χ1n) is 9.56. The van der Waals surface area contributed by atoms with Crippen LogP contribution >= 0.6 is 0 Å². The Morgan fingerprint density at radius 3 is 2.81 bits per heavy atom. The summed E-state index contributed by atoms with van der Waals surface area (Å²) in [5.74, 6) is 0.583. The Balaban J connectivity index is 1.47. The highest BCUT2D eigenvalue weighted by Gasteiger charge is 2.16. The molecule has 0 fully saturated rings. The molecule has 0 radical (unpaired) electrons. The summed E-state index contributed by atoms with van der Waals surface area (Å²) in [7, 11) is 1.75. The highest BCUT2D eigenvalue weighted by atomic mass is 19.1. The molecule has 0 saturated carbocycles. The summed E-state index contributed by atoms with van der Waals surface area (Å²) in [4.78, 5) is 14.3. The quantitative estimate of drug-likeness (QED) is 0.418. The fourth-order valence-electron chi connectivity index (χ4n) is 3.46. The lowest BCUT2D eigenvalue weighted by Crippen LogP contribution is -2.15. The normalized spacial score (nSPS) is 11.1. The molecule has 9 heteroatoms. The molecule has 0 aliphatic carbocycles. The lowest BCUT2D eigenvalue weighted by molar-refractivity contribution is 0.571. The largest absolute Gasteiger partial charge is 0.443 e. The monoisotopic (exact) mass is 415 g/mol. The lowest BCUT2D eigenvalue weighted by Gasteiger charge is -2.20. The van der Waals surface area contributed by atoms with E-state index >= 15 is 0 Å². The van der Waals surface area contributed by atoms with Gasteiger partial charge in [0.15, 0.2) is 23.8 Å². The van der Waals surface area contributed by atoms with Crippen molar-refractivity contribution < 1.29 is 8.81 Å². The molecular formula is C22H18FN7O. The maximum atomic E-state index is 14.6. The predicted molar refractivity (Wildman–Crippen MR) is 116 cm³/mol. The van der Waals surface area contributed by atoms with Crippen molar-refractivity contribution in [2.24, 2.45) is 0 Å². The summed E-state index contributed by atoms with van der Waals surface area (Å²) >= 11 is 0. The molecule has 8 nitrogen and oxygen atoms in total. The number of nitrogens with zero attached hydrogens (tertiary/aromatic N) is 5. The molecule has 0 aliphatic rings. The highest BCUT2D eigenvalue weighted by molar-refractivity contribution is 5.93. The summed E-state index contributed by atoms with van der Waals surface area (Å²) < 4.78 is 20.1. The second-order valence-corrected chi connectivity index (χ2v) is 7.01. The standard InChI is InChI=1S/C22H18FN7O/c1-13-20(31-12-25-13)14-5-3-6-15(9-14)27-22-24-11-17(23)21(28-22)30(2)19-8-4-7-18-16(19)10-26-29-18/h3-12H,1-2H3,(H,26,29)(H,24,27,28). The summed E-state index contributed by atoms with van der Waals surface area (Å²) in [5, 5.41) is 11.0.